The molecule has 0 radical (unpaired) electrons. The number of hydrogen-bond acceptors (Lipinski definition) is 3. The highest BCUT2D eigenvalue weighted by Crippen LogP contribution is 2.37. The summed E-state index contributed by atoms with van der Waals surface area (Å²) in [5.41, 5.74) is 3.74. The minimum Gasteiger partial charge on any atom is -0.378 e. The molecule has 1 aromatic carbocycles. The van der Waals surface area contributed by atoms with E-state index in [4.69, 9.17) is 4.74 Å². The van der Waals surface area contributed by atoms with E-state index in [9.17, 15) is 4.79 Å². The van der Waals surface area contributed by atoms with Gasteiger partial charge in [-0.3, -0.25) is 4.79 Å². The smallest absolute Gasteiger partial charge is 0.223 e. The van der Waals surface area contributed by atoms with Crippen LogP contribution in [-0.4, -0.2) is 42.1 Å². The lowest BCUT2D eigenvalue weighted by Gasteiger charge is -2.28. The van der Waals surface area contributed by atoms with E-state index < -0.39 is 0 Å². The van der Waals surface area contributed by atoms with Crippen molar-refractivity contribution in [3.8, 4) is 0 Å². The summed E-state index contributed by atoms with van der Waals surface area (Å²) in [7, 11) is 0. The molecule has 1 saturated heterocycles. The normalized spacial score (nSPS) is 16.1. The van der Waals surface area contributed by atoms with Crippen LogP contribution in [0.3, 0.4) is 0 Å². The van der Waals surface area contributed by atoms with Gasteiger partial charge in [-0.15, -0.1) is 11.3 Å². The Balaban J connectivity index is 1.69. The van der Waals surface area contributed by atoms with E-state index in [1.165, 1.54) is 26.9 Å². The Kier molecular flexibility index (Phi) is 5.09. The van der Waals surface area contributed by atoms with E-state index in [0.29, 0.717) is 32.7 Å². The summed E-state index contributed by atoms with van der Waals surface area (Å²) >= 11 is 1.73. The third-order valence-corrected chi connectivity index (χ3v) is 6.21. The number of hydrogen-bond donors (Lipinski definition) is 1. The molecule has 136 valence electrons. The van der Waals surface area contributed by atoms with Gasteiger partial charge in [0, 0.05) is 47.4 Å². The third kappa shape index (κ3) is 3.29. The maximum absolute atomic E-state index is 12.9. The summed E-state index contributed by atoms with van der Waals surface area (Å²) in [6.07, 6.45) is 3.60. The highest BCUT2D eigenvalue weighted by atomic mass is 32.1. The highest BCUT2D eigenvalue weighted by molar-refractivity contribution is 7.10. The first-order valence-electron chi connectivity index (χ1n) is 9.25. The van der Waals surface area contributed by atoms with Crippen molar-refractivity contribution < 1.29 is 9.53 Å². The van der Waals surface area contributed by atoms with Crippen LogP contribution < -0.4 is 0 Å². The monoisotopic (exact) mass is 368 g/mol. The fourth-order valence-corrected chi connectivity index (χ4v) is 4.64. The average Bonchev–Trinajstić information content (AvgIpc) is 3.36. The Morgan fingerprint density at radius 1 is 1.27 bits per heavy atom. The second-order valence-corrected chi connectivity index (χ2v) is 7.68. The zero-order valence-corrected chi connectivity index (χ0v) is 15.8. The van der Waals surface area contributed by atoms with Crippen molar-refractivity contribution in [1.82, 2.24) is 9.88 Å². The SMILES string of the molecule is CCc1cccc2c(C(CC(=O)N3CCOCC3)c3cccs3)c[nH]c12. The number of ether oxygens (including phenoxy) is 1. The molecule has 1 amide bonds. The maximum Gasteiger partial charge on any atom is 0.223 e. The number of aryl methyl sites for hydroxylation is 1. The van der Waals surface area contributed by atoms with Gasteiger partial charge in [0.2, 0.25) is 5.91 Å². The summed E-state index contributed by atoms with van der Waals surface area (Å²) < 4.78 is 5.39. The van der Waals surface area contributed by atoms with Gasteiger partial charge in [0.05, 0.1) is 13.2 Å². The first kappa shape index (κ1) is 17.3. The standard InChI is InChI=1S/C21H24N2O2S/c1-2-15-5-3-6-16-18(14-22-21(15)16)17(19-7-4-12-26-19)13-20(24)23-8-10-25-11-9-23/h3-7,12,14,17,22H,2,8-11,13H2,1H3. The number of carbonyl (C=O) groups is 1. The van der Waals surface area contributed by atoms with E-state index in [2.05, 4.69) is 53.8 Å². The number of carbonyl (C=O) groups excluding carboxylic acids is 1. The molecule has 3 aromatic rings. The molecule has 1 unspecified atom stereocenters. The molecule has 0 aliphatic carbocycles. The number of fused-ring (bicyclic) bond motifs is 1. The van der Waals surface area contributed by atoms with E-state index in [1.807, 2.05) is 4.90 Å². The van der Waals surface area contributed by atoms with Crippen LogP contribution in [0.1, 0.15) is 35.3 Å². The Morgan fingerprint density at radius 3 is 2.85 bits per heavy atom. The van der Waals surface area contributed by atoms with Crippen molar-refractivity contribution in [2.75, 3.05) is 26.3 Å². The van der Waals surface area contributed by atoms with E-state index in [0.717, 1.165) is 6.42 Å². The van der Waals surface area contributed by atoms with Crippen molar-refractivity contribution in [3.05, 3.63) is 57.9 Å². The van der Waals surface area contributed by atoms with Crippen LogP contribution in [0.4, 0.5) is 0 Å². The molecule has 5 heteroatoms. The summed E-state index contributed by atoms with van der Waals surface area (Å²) in [6.45, 7) is 4.85. The number of nitrogens with zero attached hydrogens (tertiary/aromatic N) is 1. The van der Waals surface area contributed by atoms with Gasteiger partial charge in [0.25, 0.3) is 0 Å². The van der Waals surface area contributed by atoms with Gasteiger partial charge in [-0.25, -0.2) is 0 Å². The van der Waals surface area contributed by atoms with E-state index >= 15 is 0 Å². The fourth-order valence-electron chi connectivity index (χ4n) is 3.79. The van der Waals surface area contributed by atoms with Gasteiger partial charge >= 0.3 is 0 Å². The number of H-pyrrole nitrogens is 1. The van der Waals surface area contributed by atoms with Crippen LogP contribution in [0.2, 0.25) is 0 Å². The molecular weight excluding hydrogens is 344 g/mol. The second-order valence-electron chi connectivity index (χ2n) is 6.70. The van der Waals surface area contributed by atoms with Crippen LogP contribution in [0.5, 0.6) is 0 Å². The van der Waals surface area contributed by atoms with Gasteiger partial charge in [0.15, 0.2) is 0 Å². The topological polar surface area (TPSA) is 45.3 Å². The molecule has 0 spiro atoms. The lowest BCUT2D eigenvalue weighted by Crippen LogP contribution is -2.41. The number of amides is 1. The number of nitrogens with one attached hydrogen (secondary N) is 1. The lowest BCUT2D eigenvalue weighted by molar-refractivity contribution is -0.135. The molecule has 2 aromatic heterocycles. The zero-order valence-electron chi connectivity index (χ0n) is 15.0. The molecule has 1 aliphatic rings. The van der Waals surface area contributed by atoms with Crippen LogP contribution in [-0.2, 0) is 16.0 Å². The van der Waals surface area contributed by atoms with Gasteiger partial charge in [-0.05, 0) is 29.0 Å². The number of thiophene rings is 1. The molecule has 26 heavy (non-hydrogen) atoms. The van der Waals surface area contributed by atoms with Crippen LogP contribution >= 0.6 is 11.3 Å². The molecular formula is C21H24N2O2S. The van der Waals surface area contributed by atoms with E-state index in [-0.39, 0.29) is 11.8 Å². The van der Waals surface area contributed by atoms with Crippen LogP contribution in [0, 0.1) is 0 Å². The molecule has 4 rings (SSSR count). The Bertz CT molecular complexity index is 879. The summed E-state index contributed by atoms with van der Waals surface area (Å²) in [5, 5.41) is 3.32. The lowest BCUT2D eigenvalue weighted by atomic mass is 9.92. The predicted molar refractivity (Wildman–Crippen MR) is 106 cm³/mol. The van der Waals surface area contributed by atoms with Gasteiger partial charge in [-0.2, -0.15) is 0 Å². The number of morpholine rings is 1. The minimum absolute atomic E-state index is 0.0891. The summed E-state index contributed by atoms with van der Waals surface area (Å²) in [5.74, 6) is 0.305. The minimum atomic E-state index is 0.0891. The third-order valence-electron chi connectivity index (χ3n) is 5.22. The Hall–Kier alpha value is -2.11. The molecule has 4 nitrogen and oxygen atoms in total. The number of para-hydroxylation sites is 1. The molecule has 1 atom stereocenters. The van der Waals surface area contributed by atoms with Crippen molar-refractivity contribution in [1.29, 1.82) is 0 Å². The quantitative estimate of drug-likeness (QED) is 0.734. The van der Waals surface area contributed by atoms with Crippen molar-refractivity contribution >= 4 is 28.1 Å². The van der Waals surface area contributed by atoms with Crippen molar-refractivity contribution in [3.63, 3.8) is 0 Å². The first-order valence-corrected chi connectivity index (χ1v) is 10.1. The van der Waals surface area contributed by atoms with Gasteiger partial charge in [0.1, 0.15) is 0 Å². The number of aromatic nitrogens is 1. The van der Waals surface area contributed by atoms with Crippen LogP contribution in [0.15, 0.2) is 41.9 Å². The number of aromatic amines is 1. The van der Waals surface area contributed by atoms with Gasteiger partial charge < -0.3 is 14.6 Å². The second kappa shape index (κ2) is 7.64. The Morgan fingerprint density at radius 2 is 2.12 bits per heavy atom. The highest BCUT2D eigenvalue weighted by Gasteiger charge is 2.26. The molecule has 0 saturated carbocycles. The fraction of sp³-hybridized carbons (Fsp3) is 0.381. The largest absolute Gasteiger partial charge is 0.378 e. The molecule has 1 fully saturated rings. The molecule has 3 heterocycles. The van der Waals surface area contributed by atoms with Crippen molar-refractivity contribution in [2.45, 2.75) is 25.7 Å². The molecule has 1 N–H and O–H groups in total. The molecule has 0 bridgehead atoms. The zero-order chi connectivity index (χ0) is 17.9. The molecule has 1 aliphatic heterocycles. The number of benzene rings is 1. The predicted octanol–water partition coefficient (Wildman–Crippen LogP) is 4.17. The van der Waals surface area contributed by atoms with Crippen LogP contribution in [0.25, 0.3) is 10.9 Å². The summed E-state index contributed by atoms with van der Waals surface area (Å²) in [6, 6.07) is 10.7. The average molecular weight is 369 g/mol. The summed E-state index contributed by atoms with van der Waals surface area (Å²) in [4.78, 5) is 19.6. The van der Waals surface area contributed by atoms with Gasteiger partial charge in [-0.1, -0.05) is 31.2 Å². The van der Waals surface area contributed by atoms with E-state index in [1.54, 1.807) is 11.3 Å². The first-order chi connectivity index (χ1) is 12.8. The Labute approximate surface area is 157 Å². The maximum atomic E-state index is 12.9. The van der Waals surface area contributed by atoms with Crippen molar-refractivity contribution in [2.24, 2.45) is 0 Å². The number of rotatable bonds is 5.